The molecule has 0 fully saturated rings. The third kappa shape index (κ3) is 3.45. The number of carboxylic acid groups (broad SMARTS) is 1. The number of rotatable bonds is 5. The van der Waals surface area contributed by atoms with Gasteiger partial charge in [0.1, 0.15) is 24.1 Å². The van der Waals surface area contributed by atoms with Crippen LogP contribution < -0.4 is 4.90 Å². The third-order valence-electron chi connectivity index (χ3n) is 2.57. The Kier molecular flexibility index (Phi) is 4.46. The van der Waals surface area contributed by atoms with E-state index in [1.165, 1.54) is 0 Å². The van der Waals surface area contributed by atoms with E-state index >= 15 is 0 Å². The Morgan fingerprint density at radius 3 is 2.88 bits per heavy atom. The van der Waals surface area contributed by atoms with Crippen molar-refractivity contribution in [3.8, 4) is 6.07 Å². The minimum atomic E-state index is -0.908. The third-order valence-corrected chi connectivity index (χ3v) is 2.57. The first-order valence-electron chi connectivity index (χ1n) is 5.44. The molecule has 1 aromatic heterocycles. The van der Waals surface area contributed by atoms with Crippen molar-refractivity contribution in [3.05, 3.63) is 23.9 Å². The molecular weight excluding hydrogens is 218 g/mol. The number of carbonyl (C=O) groups is 1. The van der Waals surface area contributed by atoms with Crippen LogP contribution in [0.4, 0.5) is 5.82 Å². The summed E-state index contributed by atoms with van der Waals surface area (Å²) in [6.45, 7) is 3.80. The van der Waals surface area contributed by atoms with Crippen LogP contribution >= 0.6 is 0 Å². The lowest BCUT2D eigenvalue weighted by Crippen LogP contribution is -2.37. The molecule has 1 heterocycles. The molecule has 1 rings (SSSR count). The van der Waals surface area contributed by atoms with Crippen molar-refractivity contribution in [2.45, 2.75) is 26.3 Å². The smallest absolute Gasteiger partial charge is 0.323 e. The van der Waals surface area contributed by atoms with E-state index in [0.29, 0.717) is 11.5 Å². The van der Waals surface area contributed by atoms with Crippen molar-refractivity contribution >= 4 is 11.8 Å². The Hall–Kier alpha value is -2.09. The minimum absolute atomic E-state index is 0.0625. The molecule has 1 aromatic rings. The van der Waals surface area contributed by atoms with Crippen molar-refractivity contribution in [3.63, 3.8) is 0 Å². The van der Waals surface area contributed by atoms with Gasteiger partial charge in [-0.1, -0.05) is 13.0 Å². The fourth-order valence-electron chi connectivity index (χ4n) is 1.47. The topological polar surface area (TPSA) is 77.2 Å². The Morgan fingerprint density at radius 1 is 1.65 bits per heavy atom. The average Bonchev–Trinajstić information content (AvgIpc) is 2.35. The Morgan fingerprint density at radius 2 is 2.35 bits per heavy atom. The number of hydrogen-bond acceptors (Lipinski definition) is 4. The molecule has 0 saturated heterocycles. The monoisotopic (exact) mass is 233 g/mol. The number of hydrogen-bond donors (Lipinski definition) is 1. The van der Waals surface area contributed by atoms with Crippen LogP contribution in [0, 0.1) is 11.3 Å². The minimum Gasteiger partial charge on any atom is -0.480 e. The Labute approximate surface area is 100 Å². The Balaban J connectivity index is 3.03. The standard InChI is InChI=1S/C12H15N3O2/c1-3-9(2)15(8-12(16)17)11-6-4-5-10(7-13)14-11/h4-6,9H,3,8H2,1-2H3,(H,16,17). The SMILES string of the molecule is CCC(C)N(CC(=O)O)c1cccc(C#N)n1. The highest BCUT2D eigenvalue weighted by Gasteiger charge is 2.17. The zero-order chi connectivity index (χ0) is 12.8. The van der Waals surface area contributed by atoms with Crippen LogP contribution in [0.1, 0.15) is 26.0 Å². The van der Waals surface area contributed by atoms with Gasteiger partial charge in [-0.05, 0) is 25.5 Å². The van der Waals surface area contributed by atoms with E-state index in [1.807, 2.05) is 19.9 Å². The molecule has 5 nitrogen and oxygen atoms in total. The second kappa shape index (κ2) is 5.85. The summed E-state index contributed by atoms with van der Waals surface area (Å²) in [4.78, 5) is 16.6. The van der Waals surface area contributed by atoms with Crippen molar-refractivity contribution in [2.75, 3.05) is 11.4 Å². The fraction of sp³-hybridized carbons (Fsp3) is 0.417. The number of pyridine rings is 1. The molecule has 0 saturated carbocycles. The highest BCUT2D eigenvalue weighted by atomic mass is 16.4. The molecule has 0 radical (unpaired) electrons. The maximum Gasteiger partial charge on any atom is 0.323 e. The molecule has 5 heteroatoms. The van der Waals surface area contributed by atoms with Gasteiger partial charge in [-0.3, -0.25) is 4.79 Å². The number of aliphatic carboxylic acids is 1. The van der Waals surface area contributed by atoms with E-state index in [4.69, 9.17) is 10.4 Å². The normalized spacial score (nSPS) is 11.6. The summed E-state index contributed by atoms with van der Waals surface area (Å²) in [7, 11) is 0. The van der Waals surface area contributed by atoms with Crippen molar-refractivity contribution in [2.24, 2.45) is 0 Å². The number of carboxylic acids is 1. The van der Waals surface area contributed by atoms with E-state index in [9.17, 15) is 4.79 Å². The molecule has 17 heavy (non-hydrogen) atoms. The quantitative estimate of drug-likeness (QED) is 0.836. The van der Waals surface area contributed by atoms with Crippen LogP contribution in [0.2, 0.25) is 0 Å². The van der Waals surface area contributed by atoms with E-state index in [1.54, 1.807) is 23.1 Å². The molecule has 0 spiro atoms. The van der Waals surface area contributed by atoms with Gasteiger partial charge in [0.2, 0.25) is 0 Å². The number of nitrogens with zero attached hydrogens (tertiary/aromatic N) is 3. The summed E-state index contributed by atoms with van der Waals surface area (Å²) in [5, 5.41) is 17.7. The molecule has 0 aliphatic carbocycles. The summed E-state index contributed by atoms with van der Waals surface area (Å²) in [5.41, 5.74) is 0.293. The van der Waals surface area contributed by atoms with Crippen LogP contribution in [0.3, 0.4) is 0 Å². The lowest BCUT2D eigenvalue weighted by atomic mass is 10.2. The van der Waals surface area contributed by atoms with Gasteiger partial charge >= 0.3 is 5.97 Å². The number of aromatic nitrogens is 1. The van der Waals surface area contributed by atoms with Gasteiger partial charge < -0.3 is 10.0 Å². The zero-order valence-electron chi connectivity index (χ0n) is 9.92. The van der Waals surface area contributed by atoms with Crippen LogP contribution in [0.25, 0.3) is 0 Å². The van der Waals surface area contributed by atoms with E-state index < -0.39 is 5.97 Å². The summed E-state index contributed by atoms with van der Waals surface area (Å²) in [6.07, 6.45) is 0.811. The van der Waals surface area contributed by atoms with Crippen molar-refractivity contribution < 1.29 is 9.90 Å². The molecule has 0 aliphatic heterocycles. The molecule has 1 unspecified atom stereocenters. The van der Waals surface area contributed by atoms with E-state index in [-0.39, 0.29) is 12.6 Å². The summed E-state index contributed by atoms with van der Waals surface area (Å²) < 4.78 is 0. The van der Waals surface area contributed by atoms with Gasteiger partial charge in [0.15, 0.2) is 0 Å². The summed E-state index contributed by atoms with van der Waals surface area (Å²) in [5.74, 6) is -0.379. The molecule has 0 amide bonds. The largest absolute Gasteiger partial charge is 0.480 e. The second-order valence-electron chi connectivity index (χ2n) is 3.77. The number of anilines is 1. The zero-order valence-corrected chi connectivity index (χ0v) is 9.92. The van der Waals surface area contributed by atoms with Gasteiger partial charge in [0.25, 0.3) is 0 Å². The molecule has 1 N–H and O–H groups in total. The van der Waals surface area contributed by atoms with E-state index in [2.05, 4.69) is 4.98 Å². The van der Waals surface area contributed by atoms with Crippen molar-refractivity contribution in [1.82, 2.24) is 4.98 Å². The second-order valence-corrected chi connectivity index (χ2v) is 3.77. The summed E-state index contributed by atoms with van der Waals surface area (Å²) >= 11 is 0. The first-order chi connectivity index (χ1) is 8.08. The van der Waals surface area contributed by atoms with Crippen LogP contribution in [0.5, 0.6) is 0 Å². The molecule has 90 valence electrons. The Bertz CT molecular complexity index is 440. The highest BCUT2D eigenvalue weighted by Crippen LogP contribution is 2.16. The maximum atomic E-state index is 10.8. The van der Waals surface area contributed by atoms with E-state index in [0.717, 1.165) is 6.42 Å². The first kappa shape index (κ1) is 13.0. The van der Waals surface area contributed by atoms with Crippen molar-refractivity contribution in [1.29, 1.82) is 5.26 Å². The van der Waals surface area contributed by atoms with Crippen LogP contribution in [-0.4, -0.2) is 28.6 Å². The molecular formula is C12H15N3O2. The molecule has 0 aromatic carbocycles. The van der Waals surface area contributed by atoms with Gasteiger partial charge in [0.05, 0.1) is 0 Å². The van der Waals surface area contributed by atoms with Crippen LogP contribution in [-0.2, 0) is 4.79 Å². The van der Waals surface area contributed by atoms with Gasteiger partial charge in [-0.25, -0.2) is 4.98 Å². The lowest BCUT2D eigenvalue weighted by Gasteiger charge is -2.27. The molecule has 0 bridgehead atoms. The van der Waals surface area contributed by atoms with Gasteiger partial charge in [-0.15, -0.1) is 0 Å². The predicted molar refractivity (Wildman–Crippen MR) is 63.7 cm³/mol. The predicted octanol–water partition coefficient (Wildman–Crippen LogP) is 1.64. The van der Waals surface area contributed by atoms with Crippen LogP contribution in [0.15, 0.2) is 18.2 Å². The summed E-state index contributed by atoms with van der Waals surface area (Å²) in [6, 6.07) is 7.03. The molecule has 1 atom stereocenters. The van der Waals surface area contributed by atoms with Gasteiger partial charge in [-0.2, -0.15) is 5.26 Å². The molecule has 0 aliphatic rings. The first-order valence-corrected chi connectivity index (χ1v) is 5.44. The fourth-order valence-corrected chi connectivity index (χ4v) is 1.47. The average molecular weight is 233 g/mol. The number of nitriles is 1. The maximum absolute atomic E-state index is 10.8. The highest BCUT2D eigenvalue weighted by molar-refractivity contribution is 5.73. The van der Waals surface area contributed by atoms with Gasteiger partial charge in [0, 0.05) is 6.04 Å². The lowest BCUT2D eigenvalue weighted by molar-refractivity contribution is -0.135.